The quantitative estimate of drug-likeness (QED) is 0.896. The van der Waals surface area contributed by atoms with Crippen LogP contribution in [0.4, 0.5) is 5.69 Å². The zero-order chi connectivity index (χ0) is 18.0. The second-order valence-corrected chi connectivity index (χ2v) is 7.07. The lowest BCUT2D eigenvalue weighted by Crippen LogP contribution is -2.62. The zero-order valence-electron chi connectivity index (χ0n) is 14.7. The molecule has 0 radical (unpaired) electrons. The highest BCUT2D eigenvalue weighted by molar-refractivity contribution is 6.02. The third kappa shape index (κ3) is 3.29. The molecule has 26 heavy (non-hydrogen) atoms. The van der Waals surface area contributed by atoms with Crippen LogP contribution in [-0.2, 0) is 11.2 Å². The van der Waals surface area contributed by atoms with Crippen LogP contribution in [0.25, 0.3) is 0 Å². The van der Waals surface area contributed by atoms with E-state index in [9.17, 15) is 9.59 Å². The lowest BCUT2D eigenvalue weighted by atomic mass is 9.92. The van der Waals surface area contributed by atoms with Crippen LogP contribution in [0.15, 0.2) is 54.6 Å². The number of piperidine rings is 1. The van der Waals surface area contributed by atoms with E-state index in [0.29, 0.717) is 37.9 Å². The van der Waals surface area contributed by atoms with Crippen molar-refractivity contribution in [2.45, 2.75) is 31.3 Å². The van der Waals surface area contributed by atoms with E-state index in [1.165, 1.54) is 5.56 Å². The van der Waals surface area contributed by atoms with Crippen molar-refractivity contribution >= 4 is 17.5 Å². The van der Waals surface area contributed by atoms with Crippen molar-refractivity contribution in [2.24, 2.45) is 0 Å². The van der Waals surface area contributed by atoms with Crippen LogP contribution in [0.1, 0.15) is 35.2 Å². The predicted octanol–water partition coefficient (Wildman–Crippen LogP) is 2.79. The van der Waals surface area contributed by atoms with Gasteiger partial charge < -0.3 is 15.5 Å². The van der Waals surface area contributed by atoms with Gasteiger partial charge in [0.15, 0.2) is 0 Å². The normalized spacial score (nSPS) is 18.0. The van der Waals surface area contributed by atoms with E-state index < -0.39 is 5.66 Å². The molecule has 4 rings (SSSR count). The summed E-state index contributed by atoms with van der Waals surface area (Å²) in [6.07, 6.45) is 2.72. The summed E-state index contributed by atoms with van der Waals surface area (Å²) in [6.45, 7) is 1.31. The maximum Gasteiger partial charge on any atom is 0.255 e. The molecule has 2 aliphatic rings. The molecule has 2 heterocycles. The average molecular weight is 349 g/mol. The van der Waals surface area contributed by atoms with Crippen LogP contribution < -0.4 is 10.6 Å². The summed E-state index contributed by atoms with van der Waals surface area (Å²) < 4.78 is 0. The third-order valence-electron chi connectivity index (χ3n) is 5.34. The van der Waals surface area contributed by atoms with Crippen molar-refractivity contribution < 1.29 is 9.59 Å². The molecule has 2 amide bonds. The number of carbonyl (C=O) groups is 2. The summed E-state index contributed by atoms with van der Waals surface area (Å²) in [5.41, 5.74) is 2.30. The van der Waals surface area contributed by atoms with Gasteiger partial charge in [-0.1, -0.05) is 42.5 Å². The molecule has 2 N–H and O–H groups in total. The molecule has 0 saturated carbocycles. The second-order valence-electron chi connectivity index (χ2n) is 7.07. The SMILES string of the molecule is O=C1NC2(CCN(C(=O)CCc3ccccc3)CC2)Nc2ccccc21. The Kier molecular flexibility index (Phi) is 4.37. The Morgan fingerprint density at radius 2 is 1.65 bits per heavy atom. The number of rotatable bonds is 3. The largest absolute Gasteiger partial charge is 0.362 e. The summed E-state index contributed by atoms with van der Waals surface area (Å²) in [7, 11) is 0. The highest BCUT2D eigenvalue weighted by atomic mass is 16.2. The van der Waals surface area contributed by atoms with Crippen molar-refractivity contribution in [2.75, 3.05) is 18.4 Å². The molecule has 1 spiro atoms. The number of likely N-dealkylation sites (tertiary alicyclic amines) is 1. The molecule has 134 valence electrons. The van der Waals surface area contributed by atoms with E-state index in [1.54, 1.807) is 0 Å². The molecule has 0 bridgehead atoms. The third-order valence-corrected chi connectivity index (χ3v) is 5.34. The number of carbonyl (C=O) groups excluding carboxylic acids is 2. The number of hydrogen-bond donors (Lipinski definition) is 2. The van der Waals surface area contributed by atoms with Gasteiger partial charge in [0.25, 0.3) is 5.91 Å². The number of anilines is 1. The van der Waals surface area contributed by atoms with Crippen LogP contribution in [0, 0.1) is 0 Å². The number of nitrogens with one attached hydrogen (secondary N) is 2. The summed E-state index contributed by atoms with van der Waals surface area (Å²) in [5, 5.41) is 6.61. The number of amides is 2. The van der Waals surface area contributed by atoms with Gasteiger partial charge in [-0.3, -0.25) is 9.59 Å². The molecule has 0 aliphatic carbocycles. The van der Waals surface area contributed by atoms with Crippen molar-refractivity contribution in [1.29, 1.82) is 0 Å². The van der Waals surface area contributed by atoms with E-state index >= 15 is 0 Å². The summed E-state index contributed by atoms with van der Waals surface area (Å²) in [6, 6.07) is 17.7. The number of para-hydroxylation sites is 1. The molecule has 0 atom stereocenters. The van der Waals surface area contributed by atoms with E-state index in [0.717, 1.165) is 12.1 Å². The molecule has 1 saturated heterocycles. The number of aryl methyl sites for hydroxylation is 1. The Labute approximate surface area is 153 Å². The maximum absolute atomic E-state index is 12.5. The molecule has 5 heteroatoms. The van der Waals surface area contributed by atoms with E-state index in [1.807, 2.05) is 47.4 Å². The first-order valence-corrected chi connectivity index (χ1v) is 9.17. The van der Waals surface area contributed by atoms with Crippen molar-refractivity contribution in [3.63, 3.8) is 0 Å². The molecule has 1 fully saturated rings. The molecule has 2 aliphatic heterocycles. The number of benzene rings is 2. The minimum atomic E-state index is -0.443. The zero-order valence-corrected chi connectivity index (χ0v) is 14.7. The van der Waals surface area contributed by atoms with E-state index in [2.05, 4.69) is 22.8 Å². The average Bonchev–Trinajstić information content (AvgIpc) is 2.67. The first-order valence-electron chi connectivity index (χ1n) is 9.17. The molecule has 2 aromatic rings. The second kappa shape index (κ2) is 6.83. The number of fused-ring (bicyclic) bond motifs is 1. The predicted molar refractivity (Wildman–Crippen MR) is 101 cm³/mol. The summed E-state index contributed by atoms with van der Waals surface area (Å²) >= 11 is 0. The molecule has 2 aromatic carbocycles. The van der Waals surface area contributed by atoms with Gasteiger partial charge in [-0.15, -0.1) is 0 Å². The van der Waals surface area contributed by atoms with E-state index in [-0.39, 0.29) is 11.8 Å². The fourth-order valence-electron chi connectivity index (χ4n) is 3.81. The minimum Gasteiger partial charge on any atom is -0.362 e. The van der Waals surface area contributed by atoms with Crippen molar-refractivity contribution in [1.82, 2.24) is 10.2 Å². The fourth-order valence-corrected chi connectivity index (χ4v) is 3.81. The molecule has 0 unspecified atom stereocenters. The molecular formula is C21H23N3O2. The van der Waals surface area contributed by atoms with Gasteiger partial charge in [0.1, 0.15) is 5.66 Å². The summed E-state index contributed by atoms with van der Waals surface area (Å²) in [4.78, 5) is 26.8. The summed E-state index contributed by atoms with van der Waals surface area (Å²) in [5.74, 6) is 0.148. The topological polar surface area (TPSA) is 61.4 Å². The fraction of sp³-hybridized carbons (Fsp3) is 0.333. The van der Waals surface area contributed by atoms with Crippen LogP contribution >= 0.6 is 0 Å². The van der Waals surface area contributed by atoms with Crippen LogP contribution in [0.3, 0.4) is 0 Å². The van der Waals surface area contributed by atoms with Crippen LogP contribution in [-0.4, -0.2) is 35.5 Å². The lowest BCUT2D eigenvalue weighted by Gasteiger charge is -2.45. The Hall–Kier alpha value is -2.82. The van der Waals surface area contributed by atoms with Gasteiger partial charge in [0, 0.05) is 38.0 Å². The highest BCUT2D eigenvalue weighted by Gasteiger charge is 2.40. The maximum atomic E-state index is 12.5. The molecular weight excluding hydrogens is 326 g/mol. The van der Waals surface area contributed by atoms with Gasteiger partial charge in [0.2, 0.25) is 5.91 Å². The first-order chi connectivity index (χ1) is 12.7. The smallest absolute Gasteiger partial charge is 0.255 e. The Balaban J connectivity index is 1.35. The van der Waals surface area contributed by atoms with Gasteiger partial charge in [-0.25, -0.2) is 0 Å². The highest BCUT2D eigenvalue weighted by Crippen LogP contribution is 2.31. The van der Waals surface area contributed by atoms with Crippen molar-refractivity contribution in [3.8, 4) is 0 Å². The Morgan fingerprint density at radius 3 is 2.42 bits per heavy atom. The first kappa shape index (κ1) is 16.6. The number of nitrogens with zero attached hydrogens (tertiary/aromatic N) is 1. The van der Waals surface area contributed by atoms with Crippen molar-refractivity contribution in [3.05, 3.63) is 65.7 Å². The lowest BCUT2D eigenvalue weighted by molar-refractivity contribution is -0.132. The van der Waals surface area contributed by atoms with Gasteiger partial charge in [0.05, 0.1) is 5.56 Å². The van der Waals surface area contributed by atoms with Crippen LogP contribution in [0.5, 0.6) is 0 Å². The van der Waals surface area contributed by atoms with Crippen LogP contribution in [0.2, 0.25) is 0 Å². The molecule has 0 aromatic heterocycles. The van der Waals surface area contributed by atoms with Gasteiger partial charge in [-0.2, -0.15) is 0 Å². The standard InChI is InChI=1S/C21H23N3O2/c25-19(11-10-16-6-2-1-3-7-16)24-14-12-21(13-15-24)22-18-9-5-4-8-17(18)20(26)23-21/h1-9,22H,10-15H2,(H,23,26). The van der Waals surface area contributed by atoms with Gasteiger partial charge in [-0.05, 0) is 24.1 Å². The Morgan fingerprint density at radius 1 is 0.962 bits per heavy atom. The van der Waals surface area contributed by atoms with Gasteiger partial charge >= 0.3 is 0 Å². The molecule has 5 nitrogen and oxygen atoms in total. The number of hydrogen-bond acceptors (Lipinski definition) is 3. The van der Waals surface area contributed by atoms with E-state index in [4.69, 9.17) is 0 Å². The monoisotopic (exact) mass is 349 g/mol. The Bertz CT molecular complexity index is 811. The minimum absolute atomic E-state index is 0.0387.